The summed E-state index contributed by atoms with van der Waals surface area (Å²) in [5.41, 5.74) is 2.79. The Morgan fingerprint density at radius 1 is 0.688 bits per heavy atom. The average molecular weight is 549 g/mol. The third-order valence-electron chi connectivity index (χ3n) is 6.20. The Kier molecular flexibility index (Phi) is 13.6. The van der Waals surface area contributed by atoms with Gasteiger partial charge in [-0.3, -0.25) is 0 Å². The maximum atomic E-state index is 5.86. The number of aryl methyl sites for hydroxylation is 1. The van der Waals surface area contributed by atoms with Gasteiger partial charge in [-0.1, -0.05) is 96.1 Å². The molecule has 0 atom stereocenters. The minimum Gasteiger partial charge on any atom is -1.00 e. The minimum atomic E-state index is 0. The number of fused-ring (bicyclic) bond motifs is 1. The standard InChI is InChI=1S/C28H41N2O.HI/c1-2-3-4-5-6-7-8-9-10-11-12-13-14-17-22-30-23-20-25(21-24-30)28-29-26-18-15-16-19-27(26)31-28;/h15-16,18-21,23-24H,2-14,17,22H2,1H3;1H/q+1;/p-1. The third kappa shape index (κ3) is 9.60. The molecule has 0 spiro atoms. The zero-order valence-electron chi connectivity index (χ0n) is 19.9. The second kappa shape index (κ2) is 16.2. The molecule has 4 heteroatoms. The lowest BCUT2D eigenvalue weighted by molar-refractivity contribution is -0.697. The van der Waals surface area contributed by atoms with E-state index in [-0.39, 0.29) is 24.0 Å². The zero-order chi connectivity index (χ0) is 21.6. The lowest BCUT2D eigenvalue weighted by Gasteiger charge is -2.03. The number of para-hydroxylation sites is 2. The molecule has 2 heterocycles. The third-order valence-corrected chi connectivity index (χ3v) is 6.20. The van der Waals surface area contributed by atoms with Crippen LogP contribution in [0.5, 0.6) is 0 Å². The molecule has 0 aliphatic heterocycles. The van der Waals surface area contributed by atoms with E-state index in [0.29, 0.717) is 5.89 Å². The summed E-state index contributed by atoms with van der Waals surface area (Å²) >= 11 is 0. The first-order valence-corrected chi connectivity index (χ1v) is 12.7. The van der Waals surface area contributed by atoms with E-state index in [1.54, 1.807) is 0 Å². The van der Waals surface area contributed by atoms with Gasteiger partial charge >= 0.3 is 0 Å². The topological polar surface area (TPSA) is 29.9 Å². The van der Waals surface area contributed by atoms with E-state index in [1.165, 1.54) is 89.9 Å². The van der Waals surface area contributed by atoms with Gasteiger partial charge in [0.2, 0.25) is 5.89 Å². The van der Waals surface area contributed by atoms with Gasteiger partial charge in [0.1, 0.15) is 12.1 Å². The summed E-state index contributed by atoms with van der Waals surface area (Å²) in [4.78, 5) is 4.58. The number of oxazole rings is 1. The molecule has 0 saturated heterocycles. The minimum absolute atomic E-state index is 0. The van der Waals surface area contributed by atoms with E-state index >= 15 is 0 Å². The molecule has 2 aromatic heterocycles. The summed E-state index contributed by atoms with van der Waals surface area (Å²) in [6, 6.07) is 12.1. The maximum Gasteiger partial charge on any atom is 0.227 e. The molecule has 0 saturated carbocycles. The molecule has 0 bridgehead atoms. The lowest BCUT2D eigenvalue weighted by atomic mass is 10.0. The van der Waals surface area contributed by atoms with Crippen LogP contribution in [0.4, 0.5) is 0 Å². The summed E-state index contributed by atoms with van der Waals surface area (Å²) in [6.07, 6.45) is 24.0. The van der Waals surface area contributed by atoms with Crippen molar-refractivity contribution < 1.29 is 33.0 Å². The van der Waals surface area contributed by atoms with Crippen molar-refractivity contribution in [3.8, 4) is 11.5 Å². The van der Waals surface area contributed by atoms with Crippen molar-refractivity contribution in [1.29, 1.82) is 0 Å². The number of benzene rings is 1. The number of rotatable bonds is 16. The van der Waals surface area contributed by atoms with Crippen molar-refractivity contribution in [2.24, 2.45) is 0 Å². The highest BCUT2D eigenvalue weighted by molar-refractivity contribution is 5.75. The number of hydrogen-bond acceptors (Lipinski definition) is 2. The number of unbranched alkanes of at least 4 members (excludes halogenated alkanes) is 13. The van der Waals surface area contributed by atoms with Crippen LogP contribution in [0.25, 0.3) is 22.6 Å². The fraction of sp³-hybridized carbons (Fsp3) is 0.571. The van der Waals surface area contributed by atoms with Crippen LogP contribution in [-0.2, 0) is 6.54 Å². The Bertz CT molecular complexity index is 826. The van der Waals surface area contributed by atoms with Crippen LogP contribution in [0.1, 0.15) is 96.8 Å². The summed E-state index contributed by atoms with van der Waals surface area (Å²) in [5.74, 6) is 0.699. The highest BCUT2D eigenvalue weighted by Gasteiger charge is 2.09. The first-order chi connectivity index (χ1) is 15.4. The van der Waals surface area contributed by atoms with Crippen LogP contribution < -0.4 is 28.5 Å². The monoisotopic (exact) mass is 548 g/mol. The van der Waals surface area contributed by atoms with E-state index in [9.17, 15) is 0 Å². The Hall–Kier alpha value is -1.43. The van der Waals surface area contributed by atoms with Crippen molar-refractivity contribution in [2.45, 2.75) is 103 Å². The highest BCUT2D eigenvalue weighted by atomic mass is 127. The van der Waals surface area contributed by atoms with E-state index in [4.69, 9.17) is 4.42 Å². The van der Waals surface area contributed by atoms with E-state index in [2.05, 4.69) is 41.0 Å². The number of halogens is 1. The molecule has 32 heavy (non-hydrogen) atoms. The van der Waals surface area contributed by atoms with Crippen molar-refractivity contribution in [3.05, 3.63) is 48.8 Å². The fourth-order valence-electron chi connectivity index (χ4n) is 4.23. The van der Waals surface area contributed by atoms with Gasteiger partial charge in [0.15, 0.2) is 18.0 Å². The van der Waals surface area contributed by atoms with Crippen LogP contribution in [0.3, 0.4) is 0 Å². The summed E-state index contributed by atoms with van der Waals surface area (Å²) in [6.45, 7) is 3.38. The van der Waals surface area contributed by atoms with Gasteiger partial charge in [-0.15, -0.1) is 0 Å². The molecular weight excluding hydrogens is 507 g/mol. The number of nitrogens with zero attached hydrogens (tertiary/aromatic N) is 2. The second-order valence-corrected chi connectivity index (χ2v) is 8.91. The quantitative estimate of drug-likeness (QED) is 0.139. The molecule has 3 rings (SSSR count). The largest absolute Gasteiger partial charge is 1.00 e. The number of aromatic nitrogens is 2. The van der Waals surface area contributed by atoms with Crippen molar-refractivity contribution in [2.75, 3.05) is 0 Å². The zero-order valence-corrected chi connectivity index (χ0v) is 22.1. The molecule has 0 fully saturated rings. The van der Waals surface area contributed by atoms with E-state index < -0.39 is 0 Å². The van der Waals surface area contributed by atoms with Crippen LogP contribution >= 0.6 is 0 Å². The maximum absolute atomic E-state index is 5.86. The molecule has 0 aliphatic rings. The molecule has 3 nitrogen and oxygen atoms in total. The first kappa shape index (κ1) is 26.8. The summed E-state index contributed by atoms with van der Waals surface area (Å²) < 4.78 is 8.13. The van der Waals surface area contributed by atoms with Crippen LogP contribution in [0.2, 0.25) is 0 Å². The normalized spacial score (nSPS) is 11.0. The SMILES string of the molecule is CCCCCCCCCCCCCCCC[n+]1ccc(-c2nc3ccccc3o2)cc1.[I-]. The van der Waals surface area contributed by atoms with Crippen molar-refractivity contribution >= 4 is 11.1 Å². The smallest absolute Gasteiger partial charge is 0.227 e. The Labute approximate surface area is 212 Å². The van der Waals surface area contributed by atoms with E-state index in [1.807, 2.05) is 24.3 Å². The molecule has 0 aliphatic carbocycles. The predicted molar refractivity (Wildman–Crippen MR) is 130 cm³/mol. The van der Waals surface area contributed by atoms with Gasteiger partial charge in [-0.05, 0) is 18.6 Å². The molecule has 0 radical (unpaired) electrons. The average Bonchev–Trinajstić information content (AvgIpc) is 3.24. The van der Waals surface area contributed by atoms with Gasteiger partial charge in [0.05, 0.1) is 0 Å². The highest BCUT2D eigenvalue weighted by Crippen LogP contribution is 2.23. The molecule has 0 amide bonds. The fourth-order valence-corrected chi connectivity index (χ4v) is 4.23. The van der Waals surface area contributed by atoms with E-state index in [0.717, 1.165) is 23.2 Å². The molecular formula is C28H41IN2O. The number of hydrogen-bond donors (Lipinski definition) is 0. The van der Waals surface area contributed by atoms with Crippen molar-refractivity contribution in [1.82, 2.24) is 4.98 Å². The van der Waals surface area contributed by atoms with Gasteiger partial charge in [-0.2, -0.15) is 0 Å². The van der Waals surface area contributed by atoms with Gasteiger partial charge in [0.25, 0.3) is 0 Å². The van der Waals surface area contributed by atoms with Gasteiger partial charge in [-0.25, -0.2) is 9.55 Å². The Morgan fingerprint density at radius 2 is 1.22 bits per heavy atom. The Morgan fingerprint density at radius 3 is 1.78 bits per heavy atom. The molecule has 176 valence electrons. The molecule has 0 unspecified atom stereocenters. The molecule has 0 N–H and O–H groups in total. The van der Waals surface area contributed by atoms with Gasteiger partial charge in [0, 0.05) is 24.1 Å². The number of pyridine rings is 1. The van der Waals surface area contributed by atoms with Crippen molar-refractivity contribution in [3.63, 3.8) is 0 Å². The predicted octanol–water partition coefficient (Wildman–Crippen LogP) is 5.27. The Balaban J connectivity index is 0.00000363. The second-order valence-electron chi connectivity index (χ2n) is 8.91. The van der Waals surface area contributed by atoms with Crippen LogP contribution in [0, 0.1) is 0 Å². The molecule has 1 aromatic carbocycles. The lowest BCUT2D eigenvalue weighted by Crippen LogP contribution is -3.00. The first-order valence-electron chi connectivity index (χ1n) is 12.7. The summed E-state index contributed by atoms with van der Waals surface area (Å²) in [7, 11) is 0. The molecule has 3 aromatic rings. The van der Waals surface area contributed by atoms with Crippen LogP contribution in [-0.4, -0.2) is 4.98 Å². The van der Waals surface area contributed by atoms with Crippen LogP contribution in [0.15, 0.2) is 53.2 Å². The van der Waals surface area contributed by atoms with Gasteiger partial charge < -0.3 is 28.4 Å². The summed E-state index contributed by atoms with van der Waals surface area (Å²) in [5, 5.41) is 0.